The first-order chi connectivity index (χ1) is 47.5. The zero-order chi connectivity index (χ0) is 72.1. The van der Waals surface area contributed by atoms with Gasteiger partial charge >= 0.3 is 24.0 Å². The van der Waals surface area contributed by atoms with Gasteiger partial charge in [-0.3, -0.25) is 24.0 Å². The van der Waals surface area contributed by atoms with Crippen LogP contribution in [0.5, 0.6) is 0 Å². The van der Waals surface area contributed by atoms with Crippen molar-refractivity contribution in [2.75, 3.05) is 26.2 Å². The number of esters is 2. The summed E-state index contributed by atoms with van der Waals surface area (Å²) in [5.74, 6) is -1.23. The molecule has 0 aliphatic carbocycles. The molecule has 0 atom stereocenters. The van der Waals surface area contributed by atoms with E-state index in [0.29, 0.717) is 58.4 Å². The van der Waals surface area contributed by atoms with Crippen molar-refractivity contribution in [3.8, 4) is 0 Å². The van der Waals surface area contributed by atoms with Gasteiger partial charge in [0.1, 0.15) is 25.1 Å². The molecule has 4 rings (SSSR count). The van der Waals surface area contributed by atoms with Crippen LogP contribution in [0.15, 0.2) is 200 Å². The Labute approximate surface area is 587 Å². The zero-order valence-electron chi connectivity index (χ0n) is 59.8. The molecule has 0 saturated carbocycles. The molecule has 0 heterocycles. The van der Waals surface area contributed by atoms with Crippen LogP contribution in [0.4, 0.5) is 4.79 Å². The van der Waals surface area contributed by atoms with Gasteiger partial charge in [0.05, 0.1) is 6.54 Å². The van der Waals surface area contributed by atoms with Crippen LogP contribution in [0, 0.1) is 6.92 Å². The molecule has 0 radical (unpaired) electrons. The molecule has 5 N–H and O–H groups in total. The summed E-state index contributed by atoms with van der Waals surface area (Å²) < 4.78 is 15.5. The second kappa shape index (κ2) is 65.3. The third kappa shape index (κ3) is 64.4. The summed E-state index contributed by atoms with van der Waals surface area (Å²) in [4.78, 5) is 77.3. The lowest BCUT2D eigenvalue weighted by molar-refractivity contribution is -0.145. The Kier molecular flexibility index (Phi) is 59.4. The lowest BCUT2D eigenvalue weighted by Crippen LogP contribution is -2.39. The monoisotopic (exact) mass is 1350 g/mol. The van der Waals surface area contributed by atoms with Crippen LogP contribution in [0.2, 0.25) is 0 Å². The largest absolute Gasteiger partial charge is 0.481 e. The number of aldehydes is 1. The zero-order valence-corrected chi connectivity index (χ0v) is 59.8. The van der Waals surface area contributed by atoms with E-state index >= 15 is 0 Å². The molecule has 0 bridgehead atoms. The van der Waals surface area contributed by atoms with E-state index in [-0.39, 0.29) is 43.3 Å². The summed E-state index contributed by atoms with van der Waals surface area (Å²) in [6.45, 7) is 13.2. The van der Waals surface area contributed by atoms with Crippen LogP contribution in [0.1, 0.15) is 210 Å². The normalized spacial score (nSPS) is 11.2. The van der Waals surface area contributed by atoms with Crippen LogP contribution in [-0.4, -0.2) is 84.2 Å². The van der Waals surface area contributed by atoms with Gasteiger partial charge in [0.25, 0.3) is 0 Å². The van der Waals surface area contributed by atoms with Crippen molar-refractivity contribution in [2.24, 2.45) is 0 Å². The SMILES string of the molecule is C/C=C\CCCCCCCCC=O.CCC(=O)NCC/C=C\CCNC(=O)CNC(=O)OC(C)(C)C.Cc1ccc(/C=C/C=C\CCCC(=O)OCc2ccccc2)cc1.O=C(CCC/C=C\C=C\c1ccccc1)OCc1ccccc1.O=C(O)CCC/C=C\C=C\CCCCO. The highest BCUT2D eigenvalue weighted by Gasteiger charge is 2.16. The van der Waals surface area contributed by atoms with Crippen molar-refractivity contribution in [3.63, 3.8) is 0 Å². The lowest BCUT2D eigenvalue weighted by Gasteiger charge is -2.19. The van der Waals surface area contributed by atoms with Gasteiger partial charge in [-0.25, -0.2) is 4.79 Å². The van der Waals surface area contributed by atoms with E-state index in [1.165, 1.54) is 55.2 Å². The fourth-order valence-electron chi connectivity index (χ4n) is 8.21. The standard InChI is InChI=1S/C22H24O2.C21H22O2.C16H29N3O4.C12H20O3.C12H22O/c1-19-14-16-20(17-15-19)10-6-3-2-4-9-13-22(23)24-18-21-11-7-5-8-12-21;22-21(23-18-20-15-9-5-10-16-20)17-11-3-1-2-6-12-19-13-7-4-8-14-19;1-5-13(20)17-10-8-6-7-9-11-18-14(21)12-19-15(22)23-16(2,3)4;13-11-9-7-5-3-1-2-4-6-8-10-12(14)15;1-2-3-4-5-6-7-8-9-10-11-12-13/h2-3,5-8,10-12,14-17H,4,9,13,18H2,1H3;1-2,4-10,12-16H,3,11,17-18H2;6-7H,5,8-12H2,1-4H3,(H,17,20)(H,18,21)(H,19,22);1-4,13H,5-11H2,(H,14,15);2-3,12H,4-11H2,1H3/b3-2-,10-6+;2-1-,12-6+;7-6-;3-1+,4-2-;3-2-. The highest BCUT2D eigenvalue weighted by atomic mass is 16.6. The lowest BCUT2D eigenvalue weighted by atomic mass is 10.1. The molecule has 4 aromatic carbocycles. The van der Waals surface area contributed by atoms with Crippen molar-refractivity contribution in [3.05, 3.63) is 228 Å². The van der Waals surface area contributed by atoms with Gasteiger partial charge < -0.3 is 45.2 Å². The minimum Gasteiger partial charge on any atom is -0.481 e. The van der Waals surface area contributed by atoms with E-state index in [9.17, 15) is 33.6 Å². The van der Waals surface area contributed by atoms with Crippen LogP contribution in [0.25, 0.3) is 12.2 Å². The van der Waals surface area contributed by atoms with Gasteiger partial charge in [-0.15, -0.1) is 0 Å². The summed E-state index contributed by atoms with van der Waals surface area (Å²) >= 11 is 0. The molecule has 536 valence electrons. The van der Waals surface area contributed by atoms with Crippen molar-refractivity contribution in [2.45, 2.75) is 208 Å². The number of aliphatic carboxylic acids is 1. The number of aryl methyl sites for hydroxylation is 1. The van der Waals surface area contributed by atoms with E-state index in [0.717, 1.165) is 88.0 Å². The molecule has 0 aliphatic heterocycles. The molecule has 0 unspecified atom stereocenters. The van der Waals surface area contributed by atoms with Crippen LogP contribution in [-0.2, 0) is 56.2 Å². The number of nitrogens with one attached hydrogen (secondary N) is 3. The molecular formula is C83H117N3O12. The summed E-state index contributed by atoms with van der Waals surface area (Å²) in [7, 11) is 0. The number of ether oxygens (including phenoxy) is 3. The maximum atomic E-state index is 11.7. The third-order valence-electron chi connectivity index (χ3n) is 13.6. The average Bonchev–Trinajstić information content (AvgIpc) is 1.59. The van der Waals surface area contributed by atoms with Gasteiger partial charge in [0.15, 0.2) is 0 Å². The second-order valence-corrected chi connectivity index (χ2v) is 23.7. The first kappa shape index (κ1) is 89.0. The molecule has 0 aromatic heterocycles. The number of aliphatic hydroxyl groups is 1. The van der Waals surface area contributed by atoms with Gasteiger partial charge in [-0.2, -0.15) is 0 Å². The van der Waals surface area contributed by atoms with Crippen molar-refractivity contribution in [1.82, 2.24) is 16.0 Å². The number of unbranched alkanes of at least 4 members (excludes halogenated alkanes) is 12. The smallest absolute Gasteiger partial charge is 0.408 e. The van der Waals surface area contributed by atoms with Crippen LogP contribution < -0.4 is 16.0 Å². The van der Waals surface area contributed by atoms with Crippen molar-refractivity contribution in [1.29, 1.82) is 0 Å². The molecule has 15 nitrogen and oxygen atoms in total. The summed E-state index contributed by atoms with van der Waals surface area (Å²) in [5.41, 5.74) is 5.10. The maximum absolute atomic E-state index is 11.7. The predicted molar refractivity (Wildman–Crippen MR) is 402 cm³/mol. The minimum atomic E-state index is -0.733. The number of carboxylic acids is 1. The molecule has 0 spiro atoms. The highest BCUT2D eigenvalue weighted by molar-refractivity contribution is 5.82. The molecule has 0 fully saturated rings. The fourth-order valence-corrected chi connectivity index (χ4v) is 8.21. The van der Waals surface area contributed by atoms with Crippen LogP contribution >= 0.6 is 0 Å². The molecule has 4 aromatic rings. The molecule has 98 heavy (non-hydrogen) atoms. The van der Waals surface area contributed by atoms with Gasteiger partial charge in [-0.1, -0.05) is 251 Å². The predicted octanol–water partition coefficient (Wildman–Crippen LogP) is 18.5. The fraction of sp³-hybridized carbons (Fsp3) is 0.434. The summed E-state index contributed by atoms with van der Waals surface area (Å²) in [5, 5.41) is 24.8. The number of benzene rings is 4. The second-order valence-electron chi connectivity index (χ2n) is 23.7. The molecule has 3 amide bonds. The molecule has 0 saturated heterocycles. The Morgan fingerprint density at radius 2 is 0.878 bits per heavy atom. The number of carboxylic acid groups (broad SMARTS) is 1. The van der Waals surface area contributed by atoms with Crippen molar-refractivity contribution < 1.29 is 58.0 Å². The number of carbonyl (C=O) groups is 7. The number of alkyl carbamates (subject to hydrolysis) is 1. The number of hydrogen-bond donors (Lipinski definition) is 5. The summed E-state index contributed by atoms with van der Waals surface area (Å²) in [6, 6.07) is 38.1. The van der Waals surface area contributed by atoms with E-state index in [2.05, 4.69) is 109 Å². The Morgan fingerprint density at radius 1 is 0.459 bits per heavy atom. The Hall–Kier alpha value is -8.95. The van der Waals surface area contributed by atoms with Crippen LogP contribution in [0.3, 0.4) is 0 Å². The van der Waals surface area contributed by atoms with Crippen molar-refractivity contribution >= 4 is 54.3 Å². The number of amides is 3. The van der Waals surface area contributed by atoms with E-state index in [1.54, 1.807) is 20.8 Å². The van der Waals surface area contributed by atoms with Gasteiger partial charge in [0, 0.05) is 51.8 Å². The summed E-state index contributed by atoms with van der Waals surface area (Å²) in [6.07, 6.45) is 53.4. The quantitative estimate of drug-likeness (QED) is 0.00697. The molecule has 15 heteroatoms. The molecular weight excluding hydrogens is 1230 g/mol. The number of aliphatic hydroxyl groups excluding tert-OH is 1. The third-order valence-corrected chi connectivity index (χ3v) is 13.6. The number of hydrogen-bond acceptors (Lipinski definition) is 11. The number of rotatable bonds is 43. The minimum absolute atomic E-state index is 0.0446. The Balaban J connectivity index is 0.00000122. The average molecular weight is 1350 g/mol. The molecule has 0 aliphatic rings. The topological polar surface area (TPSA) is 224 Å². The Bertz CT molecular complexity index is 2910. The number of carbonyl (C=O) groups excluding carboxylic acids is 6. The van der Waals surface area contributed by atoms with E-state index < -0.39 is 17.7 Å². The van der Waals surface area contributed by atoms with E-state index in [1.807, 2.05) is 140 Å². The van der Waals surface area contributed by atoms with Gasteiger partial charge in [-0.05, 0) is 147 Å². The number of allylic oxidation sites excluding steroid dienone is 12. The highest BCUT2D eigenvalue weighted by Crippen LogP contribution is 2.11. The van der Waals surface area contributed by atoms with E-state index in [4.69, 9.17) is 24.4 Å². The first-order valence-corrected chi connectivity index (χ1v) is 35.0. The first-order valence-electron chi connectivity index (χ1n) is 35.0. The Morgan fingerprint density at radius 3 is 1.34 bits per heavy atom. The maximum Gasteiger partial charge on any atom is 0.408 e. The van der Waals surface area contributed by atoms with Gasteiger partial charge in [0.2, 0.25) is 11.8 Å².